The van der Waals surface area contributed by atoms with E-state index in [4.69, 9.17) is 4.74 Å². The first-order chi connectivity index (χ1) is 13.3. The predicted molar refractivity (Wildman–Crippen MR) is 109 cm³/mol. The number of likely N-dealkylation sites (tertiary alicyclic amines) is 1. The van der Waals surface area contributed by atoms with Crippen LogP contribution in [0.4, 0.5) is 0 Å². The fourth-order valence-electron chi connectivity index (χ4n) is 3.78. The van der Waals surface area contributed by atoms with Gasteiger partial charge < -0.3 is 4.74 Å². The van der Waals surface area contributed by atoms with E-state index in [0.717, 1.165) is 28.3 Å². The average molecular weight is 359 g/mol. The molecule has 1 aliphatic rings. The van der Waals surface area contributed by atoms with Crippen LogP contribution >= 0.6 is 0 Å². The largest absolute Gasteiger partial charge is 0.496 e. The molecule has 1 unspecified atom stereocenters. The van der Waals surface area contributed by atoms with Crippen molar-refractivity contribution in [2.45, 2.75) is 25.8 Å². The number of aromatic nitrogens is 2. The predicted octanol–water partition coefficient (Wildman–Crippen LogP) is 4.98. The van der Waals surface area contributed by atoms with E-state index in [0.29, 0.717) is 6.04 Å². The standard InChI is InChI=1S/C23H25N3O/c1-17(26-14-5-6-15-26)18-8-7-9-19(16-18)21-12-13-22(25-24-21)20-10-3-4-11-23(20)27-2/h3-4,7-13,16-17H,5-6,14-15H2,1-2H3. The quantitative estimate of drug-likeness (QED) is 0.644. The smallest absolute Gasteiger partial charge is 0.128 e. The third kappa shape index (κ3) is 3.71. The molecule has 3 aromatic rings. The van der Waals surface area contributed by atoms with Crippen molar-refractivity contribution in [3.63, 3.8) is 0 Å². The van der Waals surface area contributed by atoms with E-state index in [1.165, 1.54) is 31.5 Å². The van der Waals surface area contributed by atoms with Gasteiger partial charge in [-0.05, 0) is 68.8 Å². The molecule has 138 valence electrons. The molecule has 1 aliphatic heterocycles. The van der Waals surface area contributed by atoms with Gasteiger partial charge in [0.15, 0.2) is 0 Å². The maximum absolute atomic E-state index is 5.43. The Morgan fingerprint density at radius 3 is 2.37 bits per heavy atom. The van der Waals surface area contributed by atoms with Gasteiger partial charge in [0.25, 0.3) is 0 Å². The van der Waals surface area contributed by atoms with Crippen molar-refractivity contribution in [2.24, 2.45) is 0 Å². The van der Waals surface area contributed by atoms with E-state index >= 15 is 0 Å². The van der Waals surface area contributed by atoms with E-state index in [2.05, 4.69) is 46.3 Å². The number of para-hydroxylation sites is 1. The van der Waals surface area contributed by atoms with Gasteiger partial charge in [0.1, 0.15) is 5.75 Å². The van der Waals surface area contributed by atoms with Gasteiger partial charge in [0, 0.05) is 17.2 Å². The number of nitrogens with zero attached hydrogens (tertiary/aromatic N) is 3. The first kappa shape index (κ1) is 17.7. The minimum absolute atomic E-state index is 0.438. The molecule has 1 saturated heterocycles. The summed E-state index contributed by atoms with van der Waals surface area (Å²) in [6, 6.07) is 21.0. The van der Waals surface area contributed by atoms with E-state index in [9.17, 15) is 0 Å². The molecule has 0 N–H and O–H groups in total. The van der Waals surface area contributed by atoms with Gasteiger partial charge >= 0.3 is 0 Å². The zero-order chi connectivity index (χ0) is 18.6. The third-order valence-corrected chi connectivity index (χ3v) is 5.40. The minimum Gasteiger partial charge on any atom is -0.496 e. The van der Waals surface area contributed by atoms with Gasteiger partial charge in [0.05, 0.1) is 18.5 Å². The van der Waals surface area contributed by atoms with Crippen LogP contribution in [0.25, 0.3) is 22.5 Å². The van der Waals surface area contributed by atoms with Crippen LogP contribution in [0.15, 0.2) is 60.7 Å². The van der Waals surface area contributed by atoms with Crippen LogP contribution in [0.1, 0.15) is 31.4 Å². The van der Waals surface area contributed by atoms with Crippen molar-refractivity contribution in [1.29, 1.82) is 0 Å². The molecule has 4 nitrogen and oxygen atoms in total. The molecular weight excluding hydrogens is 334 g/mol. The maximum atomic E-state index is 5.43. The van der Waals surface area contributed by atoms with Crippen LogP contribution in [0.2, 0.25) is 0 Å². The molecule has 2 aromatic carbocycles. The molecule has 2 heterocycles. The Morgan fingerprint density at radius 2 is 1.63 bits per heavy atom. The Labute approximate surface area is 160 Å². The Morgan fingerprint density at radius 1 is 0.889 bits per heavy atom. The number of rotatable bonds is 5. The molecule has 1 atom stereocenters. The second-order valence-electron chi connectivity index (χ2n) is 7.05. The molecule has 0 radical (unpaired) electrons. The van der Waals surface area contributed by atoms with Crippen molar-refractivity contribution in [1.82, 2.24) is 15.1 Å². The lowest BCUT2D eigenvalue weighted by molar-refractivity contribution is 0.263. The van der Waals surface area contributed by atoms with Crippen LogP contribution in [-0.4, -0.2) is 35.3 Å². The molecule has 27 heavy (non-hydrogen) atoms. The Balaban J connectivity index is 1.60. The highest BCUT2D eigenvalue weighted by Gasteiger charge is 2.19. The van der Waals surface area contributed by atoms with E-state index in [-0.39, 0.29) is 0 Å². The van der Waals surface area contributed by atoms with Crippen LogP contribution in [0, 0.1) is 0 Å². The third-order valence-electron chi connectivity index (χ3n) is 5.40. The summed E-state index contributed by atoms with van der Waals surface area (Å²) in [5.74, 6) is 0.806. The Kier molecular flexibility index (Phi) is 5.16. The highest BCUT2D eigenvalue weighted by molar-refractivity contribution is 5.68. The maximum Gasteiger partial charge on any atom is 0.128 e. The van der Waals surface area contributed by atoms with Crippen LogP contribution < -0.4 is 4.74 Å². The van der Waals surface area contributed by atoms with Crippen LogP contribution in [0.3, 0.4) is 0 Å². The monoisotopic (exact) mass is 359 g/mol. The number of benzene rings is 2. The lowest BCUT2D eigenvalue weighted by Crippen LogP contribution is -2.23. The van der Waals surface area contributed by atoms with Crippen molar-refractivity contribution < 1.29 is 4.74 Å². The lowest BCUT2D eigenvalue weighted by atomic mass is 10.0. The van der Waals surface area contributed by atoms with Gasteiger partial charge in [0.2, 0.25) is 0 Å². The molecule has 0 saturated carbocycles. The normalized spacial score (nSPS) is 15.6. The number of ether oxygens (including phenoxy) is 1. The molecule has 1 fully saturated rings. The fraction of sp³-hybridized carbons (Fsp3) is 0.304. The zero-order valence-electron chi connectivity index (χ0n) is 15.9. The number of hydrogen-bond acceptors (Lipinski definition) is 4. The van der Waals surface area contributed by atoms with E-state index < -0.39 is 0 Å². The summed E-state index contributed by atoms with van der Waals surface area (Å²) in [5.41, 5.74) is 5.11. The van der Waals surface area contributed by atoms with Crippen molar-refractivity contribution in [3.8, 4) is 28.3 Å². The molecule has 4 heteroatoms. The molecule has 0 aliphatic carbocycles. The van der Waals surface area contributed by atoms with Crippen LogP contribution in [-0.2, 0) is 0 Å². The fourth-order valence-corrected chi connectivity index (χ4v) is 3.78. The van der Waals surface area contributed by atoms with Gasteiger partial charge in [-0.1, -0.05) is 30.3 Å². The number of hydrogen-bond donors (Lipinski definition) is 0. The summed E-state index contributed by atoms with van der Waals surface area (Å²) in [4.78, 5) is 2.55. The molecule has 1 aromatic heterocycles. The second kappa shape index (κ2) is 7.89. The highest BCUT2D eigenvalue weighted by Crippen LogP contribution is 2.30. The Bertz CT molecular complexity index is 902. The average Bonchev–Trinajstić information content (AvgIpc) is 3.28. The SMILES string of the molecule is COc1ccccc1-c1ccc(-c2cccc(C(C)N3CCCC3)c2)nn1. The van der Waals surface area contributed by atoms with Crippen molar-refractivity contribution in [2.75, 3.05) is 20.2 Å². The topological polar surface area (TPSA) is 38.2 Å². The van der Waals surface area contributed by atoms with Gasteiger partial charge in [-0.2, -0.15) is 0 Å². The first-order valence-electron chi connectivity index (χ1n) is 9.58. The Hall–Kier alpha value is -2.72. The van der Waals surface area contributed by atoms with Gasteiger partial charge in [-0.15, -0.1) is 10.2 Å². The summed E-state index contributed by atoms with van der Waals surface area (Å²) in [5, 5.41) is 8.93. The van der Waals surface area contributed by atoms with E-state index in [1.54, 1.807) is 7.11 Å². The zero-order valence-corrected chi connectivity index (χ0v) is 15.9. The van der Waals surface area contributed by atoms with Crippen LogP contribution in [0.5, 0.6) is 5.75 Å². The van der Waals surface area contributed by atoms with E-state index in [1.807, 2.05) is 36.4 Å². The lowest BCUT2D eigenvalue weighted by Gasteiger charge is -2.24. The summed E-state index contributed by atoms with van der Waals surface area (Å²) in [6.07, 6.45) is 2.61. The molecule has 0 bridgehead atoms. The second-order valence-corrected chi connectivity index (χ2v) is 7.05. The van der Waals surface area contributed by atoms with Gasteiger partial charge in [-0.3, -0.25) is 4.90 Å². The summed E-state index contributed by atoms with van der Waals surface area (Å²) >= 11 is 0. The van der Waals surface area contributed by atoms with Crippen molar-refractivity contribution in [3.05, 3.63) is 66.2 Å². The summed E-state index contributed by atoms with van der Waals surface area (Å²) < 4.78 is 5.43. The first-order valence-corrected chi connectivity index (χ1v) is 9.58. The van der Waals surface area contributed by atoms with Gasteiger partial charge in [-0.25, -0.2) is 0 Å². The summed E-state index contributed by atoms with van der Waals surface area (Å²) in [6.45, 7) is 4.68. The molecule has 0 spiro atoms. The molecule has 0 amide bonds. The molecule has 4 rings (SSSR count). The highest BCUT2D eigenvalue weighted by atomic mass is 16.5. The van der Waals surface area contributed by atoms with Crippen molar-refractivity contribution >= 4 is 0 Å². The number of methoxy groups -OCH3 is 1. The minimum atomic E-state index is 0.438. The molecular formula is C23H25N3O. The summed E-state index contributed by atoms with van der Waals surface area (Å²) in [7, 11) is 1.67.